The lowest BCUT2D eigenvalue weighted by molar-refractivity contribution is -0.138. The number of carbonyl (C=O) groups excluding carboxylic acids is 4. The fourth-order valence-electron chi connectivity index (χ4n) is 8.90. The Bertz CT molecular complexity index is 1530. The Labute approximate surface area is 359 Å². The molecule has 2 saturated heterocycles. The Kier molecular flexibility index (Phi) is 16.5. The topological polar surface area (TPSA) is 138 Å². The monoisotopic (exact) mass is 831 g/mol. The van der Waals surface area contributed by atoms with Crippen molar-refractivity contribution in [2.75, 3.05) is 89.3 Å². The third-order valence-corrected chi connectivity index (χ3v) is 12.3. The van der Waals surface area contributed by atoms with Crippen LogP contribution in [0.25, 0.3) is 0 Å². The van der Waals surface area contributed by atoms with Crippen molar-refractivity contribution in [2.45, 2.75) is 104 Å². The lowest BCUT2D eigenvalue weighted by Gasteiger charge is -2.39. The molecule has 0 spiro atoms. The molecule has 0 atom stereocenters. The first kappa shape index (κ1) is 46.4. The summed E-state index contributed by atoms with van der Waals surface area (Å²) in [5.74, 6) is 2.85. The van der Waals surface area contributed by atoms with E-state index in [9.17, 15) is 19.2 Å². The highest BCUT2D eigenvalue weighted by Gasteiger charge is 2.34. The lowest BCUT2D eigenvalue weighted by Crippen LogP contribution is -2.51. The molecular weight excluding hydrogens is 757 g/mol. The first-order valence-electron chi connectivity index (χ1n) is 22.4. The van der Waals surface area contributed by atoms with Gasteiger partial charge in [-0.3, -0.25) is 14.6 Å². The van der Waals surface area contributed by atoms with E-state index >= 15 is 0 Å². The first-order valence-corrected chi connectivity index (χ1v) is 22.4. The summed E-state index contributed by atoms with van der Waals surface area (Å²) in [6.07, 6.45) is 13.3. The van der Waals surface area contributed by atoms with E-state index in [2.05, 4.69) is 36.5 Å². The van der Waals surface area contributed by atoms with E-state index in [1.807, 2.05) is 102 Å². The number of amides is 6. The van der Waals surface area contributed by atoms with Gasteiger partial charge in [0.25, 0.3) is 0 Å². The quantitative estimate of drug-likeness (QED) is 0.333. The summed E-state index contributed by atoms with van der Waals surface area (Å²) in [6.45, 7) is 20.0. The maximum atomic E-state index is 13.0. The number of piperazine rings is 2. The van der Waals surface area contributed by atoms with E-state index in [-0.39, 0.29) is 35.0 Å². The number of aromatic nitrogens is 2. The lowest BCUT2D eigenvalue weighted by atomic mass is 9.81. The van der Waals surface area contributed by atoms with Crippen LogP contribution in [0.1, 0.15) is 92.9 Å². The van der Waals surface area contributed by atoms with Crippen LogP contribution in [-0.2, 0) is 9.59 Å². The molecule has 332 valence electrons. The van der Waals surface area contributed by atoms with Crippen LogP contribution >= 0.6 is 0 Å². The van der Waals surface area contributed by atoms with Crippen molar-refractivity contribution in [3.05, 3.63) is 48.9 Å². The fourth-order valence-corrected chi connectivity index (χ4v) is 8.90. The van der Waals surface area contributed by atoms with Crippen LogP contribution in [-0.4, -0.2) is 144 Å². The molecule has 4 heterocycles. The average Bonchev–Trinajstić information content (AvgIpc) is 3.23. The Balaban J connectivity index is 0.000000228. The summed E-state index contributed by atoms with van der Waals surface area (Å²) in [6, 6.07) is 9.94. The summed E-state index contributed by atoms with van der Waals surface area (Å²) in [4.78, 5) is 71.4. The zero-order valence-electron chi connectivity index (χ0n) is 37.9. The van der Waals surface area contributed by atoms with Crippen LogP contribution in [0.4, 0.5) is 21.1 Å². The molecule has 2 aromatic rings. The highest BCUT2D eigenvalue weighted by Crippen LogP contribution is 2.32. The van der Waals surface area contributed by atoms with Crippen LogP contribution in [0.15, 0.2) is 48.9 Å². The fraction of sp³-hybridized carbons (Fsp3) is 0.696. The van der Waals surface area contributed by atoms with Crippen molar-refractivity contribution in [2.24, 2.45) is 23.7 Å². The highest BCUT2D eigenvalue weighted by atomic mass is 16.2. The van der Waals surface area contributed by atoms with Gasteiger partial charge in [-0.1, -0.05) is 6.07 Å². The number of hydrogen-bond donors (Lipinski definition) is 2. The minimum Gasteiger partial charge on any atom is -0.367 e. The Morgan fingerprint density at radius 3 is 1.43 bits per heavy atom. The van der Waals surface area contributed by atoms with Gasteiger partial charge in [-0.15, -0.1) is 0 Å². The zero-order chi connectivity index (χ0) is 43.5. The van der Waals surface area contributed by atoms with Crippen molar-refractivity contribution >= 4 is 35.4 Å². The molecule has 60 heavy (non-hydrogen) atoms. The molecule has 6 rings (SSSR count). The Hall–Kier alpha value is -4.62. The summed E-state index contributed by atoms with van der Waals surface area (Å²) >= 11 is 0. The summed E-state index contributed by atoms with van der Waals surface area (Å²) in [5.41, 5.74) is 0.677. The van der Waals surface area contributed by atoms with Crippen LogP contribution in [0.5, 0.6) is 0 Å². The molecule has 2 aliphatic carbocycles. The normalized spacial score (nSPS) is 22.5. The van der Waals surface area contributed by atoms with E-state index in [1.165, 1.54) is 0 Å². The van der Waals surface area contributed by atoms with Crippen molar-refractivity contribution in [3.8, 4) is 0 Å². The number of pyridine rings is 2. The number of hydrogen-bond acceptors (Lipinski definition) is 8. The Morgan fingerprint density at radius 2 is 1.05 bits per heavy atom. The molecule has 0 unspecified atom stereocenters. The number of nitrogens with one attached hydrogen (secondary N) is 2. The summed E-state index contributed by atoms with van der Waals surface area (Å²) in [5, 5.41) is 6.02. The summed E-state index contributed by atoms with van der Waals surface area (Å²) < 4.78 is 0. The molecule has 4 fully saturated rings. The molecule has 0 aromatic carbocycles. The average molecular weight is 831 g/mol. The smallest absolute Gasteiger partial charge is 0.317 e. The van der Waals surface area contributed by atoms with Crippen LogP contribution in [0.3, 0.4) is 0 Å². The standard InChI is InChI=1S/2C23H37N5O2/c1-23(2,3)25-22(30)26(4)17-18-7-9-19(10-8-18)21(29)28-14-12-27(13-15-28)20-6-5-11-24-16-20;1-23(2,3)25-22(30)26(4)17-18-8-10-19(11-9-18)21(29)28-15-13-27(14-16-28)20-7-5-6-12-24-20/h5-6,11,16,18-19H,7-10,12-15,17H2,1-4H3,(H,25,30);5-7,12,18-19H,8-11,13-17H2,1-4H3,(H,25,30). The largest absolute Gasteiger partial charge is 0.367 e. The number of urea groups is 2. The molecule has 2 saturated carbocycles. The van der Waals surface area contributed by atoms with E-state index in [4.69, 9.17) is 0 Å². The minimum absolute atomic E-state index is 0.0211. The maximum Gasteiger partial charge on any atom is 0.317 e. The first-order chi connectivity index (χ1) is 28.5. The van der Waals surface area contributed by atoms with Gasteiger partial charge in [0.05, 0.1) is 11.9 Å². The van der Waals surface area contributed by atoms with Crippen molar-refractivity contribution in [1.82, 2.24) is 40.2 Å². The van der Waals surface area contributed by atoms with E-state index in [0.717, 1.165) is 128 Å². The number of carbonyl (C=O) groups is 4. The number of nitrogens with zero attached hydrogens (tertiary/aromatic N) is 8. The van der Waals surface area contributed by atoms with Crippen LogP contribution in [0.2, 0.25) is 0 Å². The molecule has 0 bridgehead atoms. The predicted molar refractivity (Wildman–Crippen MR) is 239 cm³/mol. The number of rotatable bonds is 8. The third-order valence-electron chi connectivity index (χ3n) is 12.3. The number of anilines is 2. The van der Waals surface area contributed by atoms with Crippen molar-refractivity contribution in [1.29, 1.82) is 0 Å². The van der Waals surface area contributed by atoms with Gasteiger partial charge >= 0.3 is 12.1 Å². The zero-order valence-corrected chi connectivity index (χ0v) is 37.9. The van der Waals surface area contributed by atoms with Gasteiger partial charge in [-0.2, -0.15) is 0 Å². The van der Waals surface area contributed by atoms with Crippen LogP contribution in [0, 0.1) is 23.7 Å². The maximum absolute atomic E-state index is 13.0. The van der Waals surface area contributed by atoms with Crippen LogP contribution < -0.4 is 20.4 Å². The second-order valence-electron chi connectivity index (χ2n) is 19.6. The molecule has 2 aliphatic heterocycles. The second kappa shape index (κ2) is 21.3. The molecule has 4 aliphatic rings. The van der Waals surface area contributed by atoms with Gasteiger partial charge in [0.15, 0.2) is 0 Å². The highest BCUT2D eigenvalue weighted by molar-refractivity contribution is 5.80. The molecule has 6 amide bonds. The molecule has 2 aromatic heterocycles. The van der Waals surface area contributed by atoms with Gasteiger partial charge in [0.1, 0.15) is 5.82 Å². The van der Waals surface area contributed by atoms with Crippen molar-refractivity contribution in [3.63, 3.8) is 0 Å². The van der Waals surface area contributed by atoms with Gasteiger partial charge in [0.2, 0.25) is 11.8 Å². The van der Waals surface area contributed by atoms with Gasteiger partial charge in [0, 0.05) is 115 Å². The summed E-state index contributed by atoms with van der Waals surface area (Å²) in [7, 11) is 3.72. The van der Waals surface area contributed by atoms with E-state index in [0.29, 0.717) is 23.7 Å². The Morgan fingerprint density at radius 1 is 0.600 bits per heavy atom. The SMILES string of the molecule is CN(CC1CCC(C(=O)N2CCN(c3ccccn3)CC2)CC1)C(=O)NC(C)(C)C.CN(CC1CCC(C(=O)N2CCN(c3cccnc3)CC2)CC1)C(=O)NC(C)(C)C. The van der Waals surface area contributed by atoms with Gasteiger partial charge in [-0.25, -0.2) is 14.6 Å². The molecule has 0 radical (unpaired) electrons. The van der Waals surface area contributed by atoms with Gasteiger partial charge < -0.3 is 40.0 Å². The minimum atomic E-state index is -0.226. The predicted octanol–water partition coefficient (Wildman–Crippen LogP) is 5.95. The molecular formula is C46H74N10O4. The second-order valence-corrected chi connectivity index (χ2v) is 19.6. The molecule has 14 nitrogen and oxygen atoms in total. The molecule has 14 heteroatoms. The van der Waals surface area contributed by atoms with Crippen molar-refractivity contribution < 1.29 is 19.2 Å². The van der Waals surface area contributed by atoms with Gasteiger partial charge in [-0.05, 0) is 129 Å². The van der Waals surface area contributed by atoms with E-state index in [1.54, 1.807) is 16.0 Å². The third kappa shape index (κ3) is 14.2. The van der Waals surface area contributed by atoms with E-state index < -0.39 is 0 Å². The molecule has 2 N–H and O–H groups in total.